The molecule has 130 valence electrons. The minimum absolute atomic E-state index is 0.299. The van der Waals surface area contributed by atoms with Gasteiger partial charge in [-0.2, -0.15) is 0 Å². The summed E-state index contributed by atoms with van der Waals surface area (Å²) in [4.78, 5) is 20.3. The molecule has 0 bridgehead atoms. The standard InChI is InChI=1S/C20H15FN2O3/c1-25-19-12-14(13-23-17-5-3-16(21)4-6-17)2-7-18(19)26-20(24)15-8-10-22-11-9-15/h2-13H,1H3. The van der Waals surface area contributed by atoms with Crippen molar-refractivity contribution in [1.82, 2.24) is 4.98 Å². The summed E-state index contributed by atoms with van der Waals surface area (Å²) in [5.74, 6) is -0.117. The van der Waals surface area contributed by atoms with Gasteiger partial charge in [-0.15, -0.1) is 0 Å². The third-order valence-corrected chi connectivity index (χ3v) is 3.50. The molecule has 0 atom stereocenters. The molecule has 5 nitrogen and oxygen atoms in total. The van der Waals surface area contributed by atoms with E-state index in [1.807, 2.05) is 0 Å². The number of aromatic nitrogens is 1. The number of halogens is 1. The van der Waals surface area contributed by atoms with Crippen LogP contribution in [0.15, 0.2) is 72.0 Å². The van der Waals surface area contributed by atoms with Gasteiger partial charge in [0.05, 0.1) is 18.4 Å². The molecular weight excluding hydrogens is 335 g/mol. The van der Waals surface area contributed by atoms with E-state index in [0.717, 1.165) is 5.56 Å². The van der Waals surface area contributed by atoms with Gasteiger partial charge in [0.25, 0.3) is 0 Å². The fourth-order valence-electron chi connectivity index (χ4n) is 2.17. The van der Waals surface area contributed by atoms with E-state index < -0.39 is 5.97 Å². The van der Waals surface area contributed by atoms with Crippen molar-refractivity contribution >= 4 is 17.9 Å². The van der Waals surface area contributed by atoms with E-state index in [0.29, 0.717) is 22.7 Å². The molecule has 0 amide bonds. The maximum atomic E-state index is 12.9. The molecule has 0 aliphatic heterocycles. The topological polar surface area (TPSA) is 60.8 Å². The van der Waals surface area contributed by atoms with Gasteiger partial charge in [-0.1, -0.05) is 0 Å². The average molecular weight is 350 g/mol. The largest absolute Gasteiger partial charge is 0.493 e. The van der Waals surface area contributed by atoms with E-state index >= 15 is 0 Å². The highest BCUT2D eigenvalue weighted by Gasteiger charge is 2.12. The zero-order valence-electron chi connectivity index (χ0n) is 13.9. The van der Waals surface area contributed by atoms with Crippen LogP contribution in [0.25, 0.3) is 0 Å². The van der Waals surface area contributed by atoms with Crippen molar-refractivity contribution in [1.29, 1.82) is 0 Å². The minimum atomic E-state index is -0.501. The Morgan fingerprint density at radius 1 is 1.04 bits per heavy atom. The van der Waals surface area contributed by atoms with E-state index in [9.17, 15) is 9.18 Å². The lowest BCUT2D eigenvalue weighted by molar-refractivity contribution is 0.0729. The van der Waals surface area contributed by atoms with Crippen molar-refractivity contribution in [2.45, 2.75) is 0 Å². The van der Waals surface area contributed by atoms with Crippen LogP contribution in [0.2, 0.25) is 0 Å². The molecule has 3 aromatic rings. The molecule has 0 spiro atoms. The molecular formula is C20H15FN2O3. The molecule has 0 saturated carbocycles. The van der Waals surface area contributed by atoms with Crippen LogP contribution in [-0.2, 0) is 0 Å². The van der Waals surface area contributed by atoms with Crippen LogP contribution in [0.4, 0.5) is 10.1 Å². The molecule has 0 saturated heterocycles. The first-order valence-electron chi connectivity index (χ1n) is 7.75. The molecule has 0 radical (unpaired) electrons. The van der Waals surface area contributed by atoms with Crippen molar-refractivity contribution in [3.8, 4) is 11.5 Å². The highest BCUT2D eigenvalue weighted by Crippen LogP contribution is 2.28. The number of benzene rings is 2. The van der Waals surface area contributed by atoms with Crippen LogP contribution in [-0.4, -0.2) is 24.3 Å². The second-order valence-corrected chi connectivity index (χ2v) is 5.27. The van der Waals surface area contributed by atoms with Gasteiger partial charge in [0.1, 0.15) is 5.82 Å². The summed E-state index contributed by atoms with van der Waals surface area (Å²) in [5.41, 5.74) is 1.76. The highest BCUT2D eigenvalue weighted by molar-refractivity contribution is 5.91. The first kappa shape index (κ1) is 17.3. The molecule has 6 heteroatoms. The molecule has 2 aromatic carbocycles. The molecule has 0 unspecified atom stereocenters. The first-order valence-corrected chi connectivity index (χ1v) is 7.75. The Balaban J connectivity index is 1.77. The van der Waals surface area contributed by atoms with Crippen LogP contribution < -0.4 is 9.47 Å². The summed E-state index contributed by atoms with van der Waals surface area (Å²) in [6, 6.07) is 14.0. The number of pyridine rings is 1. The van der Waals surface area contributed by atoms with Gasteiger partial charge in [-0.25, -0.2) is 9.18 Å². The van der Waals surface area contributed by atoms with Crippen molar-refractivity contribution in [2.24, 2.45) is 4.99 Å². The molecule has 0 aliphatic carbocycles. The van der Waals surface area contributed by atoms with Crippen LogP contribution >= 0.6 is 0 Å². The molecule has 0 N–H and O–H groups in total. The quantitative estimate of drug-likeness (QED) is 0.393. The predicted octanol–water partition coefficient (Wildman–Crippen LogP) is 4.20. The second-order valence-electron chi connectivity index (χ2n) is 5.27. The Hall–Kier alpha value is -3.54. The monoisotopic (exact) mass is 350 g/mol. The number of carbonyl (C=O) groups is 1. The third-order valence-electron chi connectivity index (χ3n) is 3.50. The lowest BCUT2D eigenvalue weighted by atomic mass is 10.2. The van der Waals surface area contributed by atoms with Crippen molar-refractivity contribution in [3.63, 3.8) is 0 Å². The van der Waals surface area contributed by atoms with Gasteiger partial charge < -0.3 is 9.47 Å². The first-order chi connectivity index (χ1) is 12.7. The maximum Gasteiger partial charge on any atom is 0.343 e. The number of hydrogen-bond donors (Lipinski definition) is 0. The van der Waals surface area contributed by atoms with E-state index in [2.05, 4.69) is 9.98 Å². The van der Waals surface area contributed by atoms with Crippen LogP contribution in [0.3, 0.4) is 0 Å². The predicted molar refractivity (Wildman–Crippen MR) is 95.8 cm³/mol. The zero-order chi connectivity index (χ0) is 18.4. The van der Waals surface area contributed by atoms with Gasteiger partial charge >= 0.3 is 5.97 Å². The lowest BCUT2D eigenvalue weighted by Gasteiger charge is -2.09. The zero-order valence-corrected chi connectivity index (χ0v) is 13.9. The number of hydrogen-bond acceptors (Lipinski definition) is 5. The molecule has 3 rings (SSSR count). The van der Waals surface area contributed by atoms with E-state index in [1.165, 1.54) is 31.6 Å². The summed E-state index contributed by atoms with van der Waals surface area (Å²) >= 11 is 0. The summed E-state index contributed by atoms with van der Waals surface area (Å²) in [7, 11) is 1.49. The van der Waals surface area contributed by atoms with Crippen molar-refractivity contribution in [3.05, 3.63) is 83.9 Å². The fourth-order valence-corrected chi connectivity index (χ4v) is 2.17. The third kappa shape index (κ3) is 4.30. The maximum absolute atomic E-state index is 12.9. The van der Waals surface area contributed by atoms with Crippen molar-refractivity contribution in [2.75, 3.05) is 7.11 Å². The van der Waals surface area contributed by atoms with Crippen LogP contribution in [0.5, 0.6) is 11.5 Å². The number of esters is 1. The SMILES string of the molecule is COc1cc(C=Nc2ccc(F)cc2)ccc1OC(=O)c1ccncc1. The minimum Gasteiger partial charge on any atom is -0.493 e. The molecule has 0 fully saturated rings. The lowest BCUT2D eigenvalue weighted by Crippen LogP contribution is -2.09. The number of ether oxygens (including phenoxy) is 2. The highest BCUT2D eigenvalue weighted by atomic mass is 19.1. The van der Waals surface area contributed by atoms with Gasteiger partial charge in [-0.3, -0.25) is 9.98 Å². The molecule has 26 heavy (non-hydrogen) atoms. The normalized spacial score (nSPS) is 10.7. The number of rotatable bonds is 5. The second kappa shape index (κ2) is 8.02. The van der Waals surface area contributed by atoms with Gasteiger partial charge in [0.15, 0.2) is 11.5 Å². The smallest absolute Gasteiger partial charge is 0.343 e. The summed E-state index contributed by atoms with van der Waals surface area (Å²) < 4.78 is 23.6. The van der Waals surface area contributed by atoms with E-state index in [1.54, 1.807) is 48.7 Å². The Morgan fingerprint density at radius 2 is 1.77 bits per heavy atom. The van der Waals surface area contributed by atoms with Gasteiger partial charge in [0, 0.05) is 18.6 Å². The Kier molecular flexibility index (Phi) is 5.34. The van der Waals surface area contributed by atoms with E-state index in [4.69, 9.17) is 9.47 Å². The molecule has 1 aromatic heterocycles. The molecule has 1 heterocycles. The Bertz CT molecular complexity index is 926. The van der Waals surface area contributed by atoms with E-state index in [-0.39, 0.29) is 5.82 Å². The van der Waals surface area contributed by atoms with Gasteiger partial charge in [0.2, 0.25) is 0 Å². The van der Waals surface area contributed by atoms with Crippen LogP contribution in [0, 0.1) is 5.82 Å². The molecule has 0 aliphatic rings. The van der Waals surface area contributed by atoms with Crippen molar-refractivity contribution < 1.29 is 18.7 Å². The Labute approximate surface area is 149 Å². The average Bonchev–Trinajstić information content (AvgIpc) is 2.69. The van der Waals surface area contributed by atoms with Gasteiger partial charge in [-0.05, 0) is 60.2 Å². The number of aliphatic imine (C=N–C) groups is 1. The Morgan fingerprint density at radius 3 is 2.46 bits per heavy atom. The van der Waals surface area contributed by atoms with Crippen LogP contribution in [0.1, 0.15) is 15.9 Å². The fraction of sp³-hybridized carbons (Fsp3) is 0.0500. The number of nitrogens with zero attached hydrogens (tertiary/aromatic N) is 2. The summed E-state index contributed by atoms with van der Waals surface area (Å²) in [5, 5.41) is 0. The number of carbonyl (C=O) groups excluding carboxylic acids is 1. The number of methoxy groups -OCH3 is 1. The summed E-state index contributed by atoms with van der Waals surface area (Å²) in [6.07, 6.45) is 4.65. The summed E-state index contributed by atoms with van der Waals surface area (Å²) in [6.45, 7) is 0.